The number of furan rings is 3. The van der Waals surface area contributed by atoms with Crippen molar-refractivity contribution in [3.05, 3.63) is 194 Å². The molecule has 0 atom stereocenters. The van der Waals surface area contributed by atoms with Crippen molar-refractivity contribution in [2.75, 3.05) is 0 Å². The van der Waals surface area contributed by atoms with E-state index >= 15 is 0 Å². The third kappa shape index (κ3) is 4.99. The monoisotopic (exact) mass is 844 g/mol. The van der Waals surface area contributed by atoms with Gasteiger partial charge in [0.25, 0.3) is 0 Å². The molecule has 10 aromatic carbocycles. The smallest absolute Gasteiger partial charge is 0.238 e. The van der Waals surface area contributed by atoms with Crippen molar-refractivity contribution in [3.63, 3.8) is 0 Å². The Hall–Kier alpha value is -9.07. The molecule has 7 nitrogen and oxygen atoms in total. The molecule has 0 spiro atoms. The molecule has 306 valence electrons. The maximum Gasteiger partial charge on any atom is 0.238 e. The molecule has 0 aliphatic heterocycles. The normalized spacial score (nSPS) is 12.2. The van der Waals surface area contributed by atoms with Gasteiger partial charge in [-0.2, -0.15) is 9.97 Å². The number of nitrogens with zero attached hydrogens (tertiary/aromatic N) is 4. The number of fused-ring (bicyclic) bond motifs is 15. The Kier molecular flexibility index (Phi) is 7.10. The van der Waals surface area contributed by atoms with Gasteiger partial charge in [0.1, 0.15) is 33.5 Å². The quantitative estimate of drug-likeness (QED) is 0.175. The third-order valence-electron chi connectivity index (χ3n) is 13.4. The predicted octanol–water partition coefficient (Wildman–Crippen LogP) is 16.0. The summed E-state index contributed by atoms with van der Waals surface area (Å²) in [5, 5.41) is 13.0. The van der Waals surface area contributed by atoms with Crippen LogP contribution in [0.3, 0.4) is 0 Å². The summed E-state index contributed by atoms with van der Waals surface area (Å²) in [5.74, 6) is 1.51. The highest BCUT2D eigenvalue weighted by molar-refractivity contribution is 6.26. The molecule has 0 bridgehead atoms. The second-order valence-corrected chi connectivity index (χ2v) is 17.1. The van der Waals surface area contributed by atoms with Gasteiger partial charge in [-0.05, 0) is 76.1 Å². The minimum atomic E-state index is 0.480. The Labute approximate surface area is 374 Å². The fourth-order valence-electron chi connectivity index (χ4n) is 10.5. The van der Waals surface area contributed by atoms with Crippen LogP contribution in [0, 0.1) is 0 Å². The van der Waals surface area contributed by atoms with Gasteiger partial charge in [0.15, 0.2) is 11.6 Å². The number of hydrogen-bond donors (Lipinski definition) is 0. The molecule has 0 amide bonds. The van der Waals surface area contributed by atoms with Gasteiger partial charge in [0.05, 0.1) is 11.0 Å². The number of aromatic nitrogens is 4. The first kappa shape index (κ1) is 35.4. The van der Waals surface area contributed by atoms with Crippen LogP contribution >= 0.6 is 0 Å². The van der Waals surface area contributed by atoms with Gasteiger partial charge in [-0.25, -0.2) is 4.98 Å². The largest absolute Gasteiger partial charge is 0.456 e. The fraction of sp³-hybridized carbons (Fsp3) is 0. The van der Waals surface area contributed by atoms with Crippen molar-refractivity contribution < 1.29 is 13.3 Å². The summed E-state index contributed by atoms with van der Waals surface area (Å²) in [4.78, 5) is 16.2. The predicted molar refractivity (Wildman–Crippen MR) is 267 cm³/mol. The van der Waals surface area contributed by atoms with Crippen LogP contribution in [0.2, 0.25) is 0 Å². The van der Waals surface area contributed by atoms with Gasteiger partial charge >= 0.3 is 0 Å². The van der Waals surface area contributed by atoms with Crippen LogP contribution in [-0.2, 0) is 0 Å². The van der Waals surface area contributed by atoms with Crippen LogP contribution in [-0.4, -0.2) is 19.5 Å². The van der Waals surface area contributed by atoms with Gasteiger partial charge in [0.2, 0.25) is 5.95 Å². The molecule has 0 fully saturated rings. The molecule has 5 aromatic heterocycles. The molecule has 0 aliphatic rings. The van der Waals surface area contributed by atoms with Crippen LogP contribution in [0.1, 0.15) is 0 Å². The molecular formula is C59H32N4O3. The summed E-state index contributed by atoms with van der Waals surface area (Å²) in [7, 11) is 0. The number of hydrogen-bond acceptors (Lipinski definition) is 6. The Bertz CT molecular complexity index is 4420. The Morgan fingerprint density at radius 1 is 0.348 bits per heavy atom. The highest BCUT2D eigenvalue weighted by atomic mass is 16.3. The lowest BCUT2D eigenvalue weighted by atomic mass is 9.93. The second kappa shape index (κ2) is 13.2. The maximum atomic E-state index is 6.88. The van der Waals surface area contributed by atoms with Crippen molar-refractivity contribution in [2.24, 2.45) is 0 Å². The van der Waals surface area contributed by atoms with Gasteiger partial charge in [-0.1, -0.05) is 140 Å². The molecule has 0 N–H and O–H groups in total. The average molecular weight is 845 g/mol. The molecule has 0 aliphatic carbocycles. The second-order valence-electron chi connectivity index (χ2n) is 17.1. The van der Waals surface area contributed by atoms with Crippen LogP contribution in [0.25, 0.3) is 149 Å². The van der Waals surface area contributed by atoms with E-state index in [4.69, 9.17) is 28.2 Å². The first-order valence-electron chi connectivity index (χ1n) is 22.1. The molecule has 15 aromatic rings. The van der Waals surface area contributed by atoms with E-state index in [9.17, 15) is 0 Å². The topological polar surface area (TPSA) is 83.0 Å². The van der Waals surface area contributed by atoms with Crippen LogP contribution < -0.4 is 0 Å². The number of rotatable bonds is 4. The number of benzene rings is 10. The van der Waals surface area contributed by atoms with Crippen LogP contribution in [0.4, 0.5) is 0 Å². The van der Waals surface area contributed by atoms with Crippen molar-refractivity contribution in [3.8, 4) is 39.9 Å². The molecule has 0 radical (unpaired) electrons. The minimum absolute atomic E-state index is 0.480. The summed E-state index contributed by atoms with van der Waals surface area (Å²) in [6.07, 6.45) is 0. The van der Waals surface area contributed by atoms with Gasteiger partial charge in [-0.3, -0.25) is 4.57 Å². The highest BCUT2D eigenvalue weighted by Crippen LogP contribution is 2.47. The van der Waals surface area contributed by atoms with Crippen molar-refractivity contribution >= 4 is 109 Å². The standard InChI is InChI=1S/C59H32N4O3/c1-3-14-37-33(12-1)26-29-47-53(37)44-19-11-20-45(54-38-15-4-2-13-34(38)30-46-41-18-7-10-23-50(41)66-56(46)54)55(44)63(47)59-61-57(35-24-27-42-39-16-5-8-21-48(39)64-51(42)31-35)60-58(62-59)36-25-28-43-40-17-6-9-22-49(40)65-52(43)32-36/h1-32H. The molecule has 0 saturated heterocycles. The van der Waals surface area contributed by atoms with Crippen molar-refractivity contribution in [2.45, 2.75) is 0 Å². The first-order chi connectivity index (χ1) is 32.7. The van der Waals surface area contributed by atoms with E-state index in [2.05, 4.69) is 138 Å². The highest BCUT2D eigenvalue weighted by Gasteiger charge is 2.25. The SMILES string of the molecule is c1ccc2c(-c3cccc4c5c6ccccc6ccc5n(-c5nc(-c6ccc7c(c6)oc6ccccc67)nc(-c6ccc7c(c6)oc6ccccc67)n5)c34)c3oc4ccccc4c3cc2c1. The fourth-order valence-corrected chi connectivity index (χ4v) is 10.5. The van der Waals surface area contributed by atoms with Gasteiger partial charge in [-0.15, -0.1) is 0 Å². The van der Waals surface area contributed by atoms with E-state index in [1.807, 2.05) is 60.7 Å². The molecular weight excluding hydrogens is 813 g/mol. The Morgan fingerprint density at radius 2 is 0.879 bits per heavy atom. The van der Waals surface area contributed by atoms with Crippen LogP contribution in [0.5, 0.6) is 0 Å². The summed E-state index contributed by atoms with van der Waals surface area (Å²) in [6.45, 7) is 0. The first-order valence-corrected chi connectivity index (χ1v) is 22.1. The Balaban J connectivity index is 1.08. The zero-order valence-electron chi connectivity index (χ0n) is 35.0. The molecule has 0 unspecified atom stereocenters. The summed E-state index contributed by atoms with van der Waals surface area (Å²) >= 11 is 0. The van der Waals surface area contributed by atoms with Crippen molar-refractivity contribution in [1.29, 1.82) is 0 Å². The lowest BCUT2D eigenvalue weighted by molar-refractivity contribution is 0.668. The summed E-state index contributed by atoms with van der Waals surface area (Å²) in [6, 6.07) is 67.4. The van der Waals surface area contributed by atoms with Gasteiger partial charge < -0.3 is 13.3 Å². The lowest BCUT2D eigenvalue weighted by Gasteiger charge is -2.14. The van der Waals surface area contributed by atoms with E-state index in [0.717, 1.165) is 131 Å². The van der Waals surface area contributed by atoms with E-state index in [0.29, 0.717) is 17.6 Å². The van der Waals surface area contributed by atoms with Gasteiger partial charge in [0, 0.05) is 65.3 Å². The molecule has 66 heavy (non-hydrogen) atoms. The average Bonchev–Trinajstić information content (AvgIpc) is 4.14. The summed E-state index contributed by atoms with van der Waals surface area (Å²) in [5.41, 5.74) is 10.4. The molecule has 15 rings (SSSR count). The molecule has 5 heterocycles. The lowest BCUT2D eigenvalue weighted by Crippen LogP contribution is -2.07. The zero-order valence-corrected chi connectivity index (χ0v) is 35.0. The molecule has 0 saturated carbocycles. The molecule has 7 heteroatoms. The van der Waals surface area contributed by atoms with E-state index < -0.39 is 0 Å². The van der Waals surface area contributed by atoms with Crippen molar-refractivity contribution in [1.82, 2.24) is 19.5 Å². The number of para-hydroxylation sites is 4. The van der Waals surface area contributed by atoms with Crippen LogP contribution in [0.15, 0.2) is 207 Å². The van der Waals surface area contributed by atoms with E-state index in [1.54, 1.807) is 0 Å². The van der Waals surface area contributed by atoms with E-state index in [-0.39, 0.29) is 0 Å². The van der Waals surface area contributed by atoms with E-state index in [1.165, 1.54) is 0 Å². The Morgan fingerprint density at radius 3 is 1.55 bits per heavy atom. The maximum absolute atomic E-state index is 6.88. The minimum Gasteiger partial charge on any atom is -0.456 e. The third-order valence-corrected chi connectivity index (χ3v) is 13.4. The summed E-state index contributed by atoms with van der Waals surface area (Å²) < 4.78 is 22.0. The zero-order chi connectivity index (χ0) is 43.0.